The predicted octanol–water partition coefficient (Wildman–Crippen LogP) is 1.93. The van der Waals surface area contributed by atoms with Crippen LogP contribution >= 0.6 is 0 Å². The number of hydrogen-bond acceptors (Lipinski definition) is 4. The Bertz CT molecular complexity index is 971. The zero-order valence-electron chi connectivity index (χ0n) is 15.6. The highest BCUT2D eigenvalue weighted by Crippen LogP contribution is 2.42. The molecule has 2 unspecified atom stereocenters. The third-order valence-electron chi connectivity index (χ3n) is 6.17. The molecule has 3 heterocycles. The molecule has 0 saturated carbocycles. The smallest absolute Gasteiger partial charge is 0.248 e. The number of carbonyl (C=O) groups excluding carboxylic acids is 2. The standard InChI is InChI=1S/C22H23N3O3/c23-22(27)14-2-4-20-17(8-14)18-11-25(10-16(18)12-28-20)6-5-13-1-3-19-15(7-13)9-21(26)24-19/h1-4,7-8,16,18H,5-6,9-12H2,(H2,23,27)(H,24,26). The van der Waals surface area contributed by atoms with Crippen LogP contribution in [0.5, 0.6) is 5.75 Å². The van der Waals surface area contributed by atoms with Crippen LogP contribution in [-0.2, 0) is 17.6 Å². The fourth-order valence-electron chi connectivity index (χ4n) is 4.71. The quantitative estimate of drug-likeness (QED) is 0.853. The Morgan fingerprint density at radius 1 is 1.21 bits per heavy atom. The Balaban J connectivity index is 1.27. The maximum atomic E-state index is 11.5. The third-order valence-corrected chi connectivity index (χ3v) is 6.17. The van der Waals surface area contributed by atoms with E-state index in [0.717, 1.165) is 55.2 Å². The lowest BCUT2D eigenvalue weighted by atomic mass is 9.86. The first-order valence-corrected chi connectivity index (χ1v) is 9.77. The van der Waals surface area contributed by atoms with Crippen molar-refractivity contribution in [1.82, 2.24) is 4.90 Å². The molecule has 2 amide bonds. The van der Waals surface area contributed by atoms with Crippen LogP contribution in [0.2, 0.25) is 0 Å². The molecular weight excluding hydrogens is 354 g/mol. The normalized spacial score (nSPS) is 22.8. The molecule has 1 fully saturated rings. The fraction of sp³-hybridized carbons (Fsp3) is 0.364. The van der Waals surface area contributed by atoms with E-state index < -0.39 is 5.91 Å². The van der Waals surface area contributed by atoms with E-state index in [1.54, 1.807) is 6.07 Å². The van der Waals surface area contributed by atoms with Crippen molar-refractivity contribution < 1.29 is 14.3 Å². The van der Waals surface area contributed by atoms with E-state index in [-0.39, 0.29) is 5.91 Å². The van der Waals surface area contributed by atoms with Gasteiger partial charge >= 0.3 is 0 Å². The van der Waals surface area contributed by atoms with Gasteiger partial charge in [0.2, 0.25) is 11.8 Å². The number of primary amides is 1. The van der Waals surface area contributed by atoms with Crippen molar-refractivity contribution >= 4 is 17.5 Å². The molecule has 28 heavy (non-hydrogen) atoms. The summed E-state index contributed by atoms with van der Waals surface area (Å²) in [6, 6.07) is 11.8. The number of nitrogens with two attached hydrogens (primary N) is 1. The van der Waals surface area contributed by atoms with Gasteiger partial charge in [-0.3, -0.25) is 9.59 Å². The summed E-state index contributed by atoms with van der Waals surface area (Å²) >= 11 is 0. The minimum Gasteiger partial charge on any atom is -0.493 e. The molecule has 6 nitrogen and oxygen atoms in total. The summed E-state index contributed by atoms with van der Waals surface area (Å²) in [5, 5.41) is 2.88. The summed E-state index contributed by atoms with van der Waals surface area (Å²) < 4.78 is 5.93. The SMILES string of the molecule is NC(=O)c1ccc2c(c1)C1CN(CCc3ccc4c(c3)CC(=O)N4)CC1CO2. The molecule has 3 N–H and O–H groups in total. The van der Waals surface area contributed by atoms with Crippen LogP contribution in [0, 0.1) is 5.92 Å². The third kappa shape index (κ3) is 3.03. The number of fused-ring (bicyclic) bond motifs is 4. The number of hydrogen-bond donors (Lipinski definition) is 2. The van der Waals surface area contributed by atoms with Crippen molar-refractivity contribution in [2.45, 2.75) is 18.8 Å². The Hall–Kier alpha value is -2.86. The molecule has 2 aromatic carbocycles. The monoisotopic (exact) mass is 377 g/mol. The van der Waals surface area contributed by atoms with E-state index in [2.05, 4.69) is 22.3 Å². The molecule has 5 rings (SSSR count). The Morgan fingerprint density at radius 2 is 2.11 bits per heavy atom. The second-order valence-electron chi connectivity index (χ2n) is 8.02. The van der Waals surface area contributed by atoms with Crippen molar-refractivity contribution in [3.8, 4) is 5.75 Å². The van der Waals surface area contributed by atoms with Crippen LogP contribution in [0.3, 0.4) is 0 Å². The number of amides is 2. The average molecular weight is 377 g/mol. The lowest BCUT2D eigenvalue weighted by molar-refractivity contribution is -0.115. The van der Waals surface area contributed by atoms with Gasteiger partial charge in [0.25, 0.3) is 0 Å². The molecular formula is C22H23N3O3. The summed E-state index contributed by atoms with van der Waals surface area (Å²) in [5.41, 5.74) is 10.4. The van der Waals surface area contributed by atoms with Crippen LogP contribution in [0.25, 0.3) is 0 Å². The molecule has 0 aromatic heterocycles. The summed E-state index contributed by atoms with van der Waals surface area (Å²) in [6.07, 6.45) is 1.43. The Labute approximate surface area is 163 Å². The van der Waals surface area contributed by atoms with E-state index in [1.165, 1.54) is 5.56 Å². The topological polar surface area (TPSA) is 84.7 Å². The van der Waals surface area contributed by atoms with E-state index in [4.69, 9.17) is 10.5 Å². The lowest BCUT2D eigenvalue weighted by Gasteiger charge is -2.28. The van der Waals surface area contributed by atoms with Crippen LogP contribution in [0.4, 0.5) is 5.69 Å². The molecule has 0 spiro atoms. The van der Waals surface area contributed by atoms with Crippen LogP contribution in [0.1, 0.15) is 33.0 Å². The first-order chi connectivity index (χ1) is 13.6. The molecule has 144 valence electrons. The number of nitrogens with one attached hydrogen (secondary N) is 1. The molecule has 0 aliphatic carbocycles. The number of anilines is 1. The van der Waals surface area contributed by atoms with Crippen molar-refractivity contribution in [1.29, 1.82) is 0 Å². The second kappa shape index (κ2) is 6.63. The highest BCUT2D eigenvalue weighted by molar-refractivity contribution is 5.99. The van der Waals surface area contributed by atoms with Gasteiger partial charge in [0.1, 0.15) is 5.75 Å². The van der Waals surface area contributed by atoms with Crippen molar-refractivity contribution in [3.63, 3.8) is 0 Å². The molecule has 0 radical (unpaired) electrons. The Kier molecular flexibility index (Phi) is 4.09. The molecule has 0 bridgehead atoms. The zero-order chi connectivity index (χ0) is 19.3. The van der Waals surface area contributed by atoms with Gasteiger partial charge in [-0.25, -0.2) is 0 Å². The first kappa shape index (κ1) is 17.3. The minimum atomic E-state index is -0.399. The number of likely N-dealkylation sites (tertiary alicyclic amines) is 1. The minimum absolute atomic E-state index is 0.0739. The largest absolute Gasteiger partial charge is 0.493 e. The van der Waals surface area contributed by atoms with E-state index in [0.29, 0.717) is 23.8 Å². The van der Waals surface area contributed by atoms with Gasteiger partial charge in [0.15, 0.2) is 0 Å². The maximum absolute atomic E-state index is 11.5. The van der Waals surface area contributed by atoms with Gasteiger partial charge in [0, 0.05) is 42.7 Å². The fourth-order valence-corrected chi connectivity index (χ4v) is 4.71. The number of rotatable bonds is 4. The molecule has 2 aromatic rings. The summed E-state index contributed by atoms with van der Waals surface area (Å²) in [6.45, 7) is 3.65. The second-order valence-corrected chi connectivity index (χ2v) is 8.02. The molecule has 1 saturated heterocycles. The first-order valence-electron chi connectivity index (χ1n) is 9.77. The van der Waals surface area contributed by atoms with Crippen LogP contribution < -0.4 is 15.8 Å². The predicted molar refractivity (Wildman–Crippen MR) is 106 cm³/mol. The van der Waals surface area contributed by atoms with Crippen molar-refractivity contribution in [3.05, 3.63) is 58.7 Å². The number of benzene rings is 2. The van der Waals surface area contributed by atoms with Crippen molar-refractivity contribution in [2.24, 2.45) is 11.7 Å². The van der Waals surface area contributed by atoms with Gasteiger partial charge in [-0.15, -0.1) is 0 Å². The molecule has 2 atom stereocenters. The summed E-state index contributed by atoms with van der Waals surface area (Å²) in [4.78, 5) is 25.6. The van der Waals surface area contributed by atoms with E-state index in [1.807, 2.05) is 18.2 Å². The highest BCUT2D eigenvalue weighted by atomic mass is 16.5. The molecule has 3 aliphatic heterocycles. The van der Waals surface area contributed by atoms with Gasteiger partial charge < -0.3 is 20.7 Å². The van der Waals surface area contributed by atoms with Crippen LogP contribution in [0.15, 0.2) is 36.4 Å². The zero-order valence-corrected chi connectivity index (χ0v) is 15.6. The van der Waals surface area contributed by atoms with Gasteiger partial charge in [-0.2, -0.15) is 0 Å². The number of carbonyl (C=O) groups is 2. The summed E-state index contributed by atoms with van der Waals surface area (Å²) in [5.74, 6) is 1.38. The van der Waals surface area contributed by atoms with E-state index in [9.17, 15) is 9.59 Å². The molecule has 3 aliphatic rings. The van der Waals surface area contributed by atoms with Crippen LogP contribution in [-0.4, -0.2) is 43.0 Å². The number of ether oxygens (including phenoxy) is 1. The van der Waals surface area contributed by atoms with Gasteiger partial charge in [0.05, 0.1) is 13.0 Å². The van der Waals surface area contributed by atoms with Gasteiger partial charge in [-0.1, -0.05) is 12.1 Å². The van der Waals surface area contributed by atoms with Crippen molar-refractivity contribution in [2.75, 3.05) is 31.6 Å². The van der Waals surface area contributed by atoms with Gasteiger partial charge in [-0.05, 0) is 47.4 Å². The highest BCUT2D eigenvalue weighted by Gasteiger charge is 2.38. The maximum Gasteiger partial charge on any atom is 0.248 e. The van der Waals surface area contributed by atoms with E-state index >= 15 is 0 Å². The number of nitrogens with zero attached hydrogens (tertiary/aromatic N) is 1. The lowest BCUT2D eigenvalue weighted by Crippen LogP contribution is -2.26. The summed E-state index contributed by atoms with van der Waals surface area (Å²) in [7, 11) is 0. The Morgan fingerprint density at radius 3 is 2.96 bits per heavy atom. The molecule has 6 heteroatoms. The average Bonchev–Trinajstić information content (AvgIpc) is 3.27.